The number of nitrogens with zero attached hydrogens (tertiary/aromatic N) is 1. The SMILES string of the molecule is O=C(N[C@@H]1C[C@H]2CC[C@@H]1N2)c1ccc(Oc2cnc[nH]2)cc1. The molecule has 0 radical (unpaired) electrons. The Morgan fingerprint density at radius 1 is 1.27 bits per heavy atom. The number of carbonyl (C=O) groups is 1. The van der Waals surface area contributed by atoms with Crippen LogP contribution in [0.25, 0.3) is 0 Å². The number of rotatable bonds is 4. The molecule has 3 heterocycles. The number of aromatic nitrogens is 2. The Balaban J connectivity index is 1.38. The van der Waals surface area contributed by atoms with Crippen LogP contribution in [0.4, 0.5) is 0 Å². The molecule has 2 fully saturated rings. The first-order valence-electron chi connectivity index (χ1n) is 7.61. The molecule has 0 aliphatic carbocycles. The van der Waals surface area contributed by atoms with Crippen molar-refractivity contribution in [3.05, 3.63) is 42.4 Å². The highest BCUT2D eigenvalue weighted by atomic mass is 16.5. The number of hydrogen-bond acceptors (Lipinski definition) is 4. The molecule has 2 aliphatic heterocycles. The second kappa shape index (κ2) is 5.46. The molecular formula is C16H18N4O2. The van der Waals surface area contributed by atoms with Gasteiger partial charge in [-0.3, -0.25) is 4.79 Å². The van der Waals surface area contributed by atoms with Crippen LogP contribution in [0.1, 0.15) is 29.6 Å². The fraction of sp³-hybridized carbons (Fsp3) is 0.375. The van der Waals surface area contributed by atoms with Crippen molar-refractivity contribution >= 4 is 5.91 Å². The third kappa shape index (κ3) is 2.57. The zero-order valence-electron chi connectivity index (χ0n) is 12.1. The van der Waals surface area contributed by atoms with Crippen molar-refractivity contribution < 1.29 is 9.53 Å². The van der Waals surface area contributed by atoms with E-state index in [9.17, 15) is 4.79 Å². The largest absolute Gasteiger partial charge is 0.439 e. The average Bonchev–Trinajstić information content (AvgIpc) is 3.25. The van der Waals surface area contributed by atoms with Gasteiger partial charge in [0.2, 0.25) is 5.88 Å². The Bertz CT molecular complexity index is 653. The summed E-state index contributed by atoms with van der Waals surface area (Å²) in [7, 11) is 0. The number of aromatic amines is 1. The fourth-order valence-corrected chi connectivity index (χ4v) is 3.34. The van der Waals surface area contributed by atoms with E-state index in [1.807, 2.05) is 0 Å². The molecule has 0 spiro atoms. The molecule has 0 unspecified atom stereocenters. The summed E-state index contributed by atoms with van der Waals surface area (Å²) in [5, 5.41) is 6.66. The van der Waals surface area contributed by atoms with E-state index in [4.69, 9.17) is 4.74 Å². The number of benzene rings is 1. The number of ether oxygens (including phenoxy) is 1. The standard InChI is InChI=1S/C16H18N4O2/c21-16(20-14-7-11-3-6-13(14)19-11)10-1-4-12(5-2-10)22-15-8-17-9-18-15/h1-2,4-5,8-9,11,13-14,19H,3,6-7H2,(H,17,18)(H,20,21)/t11-,13+,14-/m1/s1. The molecule has 114 valence electrons. The number of imidazole rings is 1. The average molecular weight is 298 g/mol. The smallest absolute Gasteiger partial charge is 0.251 e. The quantitative estimate of drug-likeness (QED) is 0.804. The number of carbonyl (C=O) groups excluding carboxylic acids is 1. The van der Waals surface area contributed by atoms with Gasteiger partial charge in [-0.2, -0.15) is 0 Å². The summed E-state index contributed by atoms with van der Waals surface area (Å²) in [4.78, 5) is 19.1. The van der Waals surface area contributed by atoms with E-state index in [1.54, 1.807) is 36.8 Å². The lowest BCUT2D eigenvalue weighted by Crippen LogP contribution is -2.42. The van der Waals surface area contributed by atoms with E-state index in [0.717, 1.165) is 12.8 Å². The van der Waals surface area contributed by atoms with E-state index >= 15 is 0 Å². The molecule has 4 rings (SSSR count). The lowest BCUT2D eigenvalue weighted by molar-refractivity contribution is 0.0931. The Morgan fingerprint density at radius 3 is 2.77 bits per heavy atom. The first kappa shape index (κ1) is 13.3. The summed E-state index contributed by atoms with van der Waals surface area (Å²) in [6.45, 7) is 0. The van der Waals surface area contributed by atoms with Crippen LogP contribution in [0.5, 0.6) is 11.6 Å². The van der Waals surface area contributed by atoms with Crippen LogP contribution < -0.4 is 15.4 Å². The number of amides is 1. The van der Waals surface area contributed by atoms with Gasteiger partial charge in [0, 0.05) is 23.7 Å². The second-order valence-corrected chi connectivity index (χ2v) is 5.91. The Labute approximate surface area is 128 Å². The van der Waals surface area contributed by atoms with E-state index < -0.39 is 0 Å². The molecular weight excluding hydrogens is 280 g/mol. The van der Waals surface area contributed by atoms with Gasteiger partial charge < -0.3 is 20.4 Å². The van der Waals surface area contributed by atoms with Crippen LogP contribution in [-0.2, 0) is 0 Å². The molecule has 6 nitrogen and oxygen atoms in total. The third-order valence-corrected chi connectivity index (χ3v) is 4.43. The summed E-state index contributed by atoms with van der Waals surface area (Å²) < 4.78 is 5.57. The second-order valence-electron chi connectivity index (χ2n) is 5.91. The highest BCUT2D eigenvalue weighted by Gasteiger charge is 2.39. The normalized spacial score (nSPS) is 26.1. The van der Waals surface area contributed by atoms with Crippen LogP contribution in [0.2, 0.25) is 0 Å². The molecule has 3 N–H and O–H groups in total. The van der Waals surface area contributed by atoms with E-state index in [1.165, 1.54) is 6.42 Å². The van der Waals surface area contributed by atoms with Crippen molar-refractivity contribution in [1.82, 2.24) is 20.6 Å². The molecule has 6 heteroatoms. The lowest BCUT2D eigenvalue weighted by Gasteiger charge is -2.21. The molecule has 1 amide bonds. The Hall–Kier alpha value is -2.34. The zero-order valence-corrected chi connectivity index (χ0v) is 12.1. The number of hydrogen-bond donors (Lipinski definition) is 3. The van der Waals surface area contributed by atoms with Gasteiger partial charge in [0.05, 0.1) is 12.5 Å². The first-order valence-corrected chi connectivity index (χ1v) is 7.61. The molecule has 2 bridgehead atoms. The van der Waals surface area contributed by atoms with Gasteiger partial charge in [0.1, 0.15) is 5.75 Å². The predicted octanol–water partition coefficient (Wildman–Crippen LogP) is 1.82. The third-order valence-electron chi connectivity index (χ3n) is 4.43. The van der Waals surface area contributed by atoms with Gasteiger partial charge in [-0.15, -0.1) is 0 Å². The summed E-state index contributed by atoms with van der Waals surface area (Å²) in [5.74, 6) is 1.22. The zero-order chi connectivity index (χ0) is 14.9. The molecule has 1 aromatic carbocycles. The molecule has 0 saturated carbocycles. The maximum atomic E-state index is 12.3. The highest BCUT2D eigenvalue weighted by Crippen LogP contribution is 2.28. The summed E-state index contributed by atoms with van der Waals surface area (Å²) in [5.41, 5.74) is 0.653. The lowest BCUT2D eigenvalue weighted by atomic mass is 9.95. The maximum absolute atomic E-state index is 12.3. The van der Waals surface area contributed by atoms with Crippen molar-refractivity contribution in [2.45, 2.75) is 37.4 Å². The summed E-state index contributed by atoms with van der Waals surface area (Å²) in [6.07, 6.45) is 6.59. The molecule has 2 saturated heterocycles. The topological polar surface area (TPSA) is 79.0 Å². The predicted molar refractivity (Wildman–Crippen MR) is 80.9 cm³/mol. The van der Waals surface area contributed by atoms with Crippen LogP contribution in [0.15, 0.2) is 36.8 Å². The Morgan fingerprint density at radius 2 is 2.14 bits per heavy atom. The van der Waals surface area contributed by atoms with E-state index in [0.29, 0.717) is 29.3 Å². The van der Waals surface area contributed by atoms with Crippen molar-refractivity contribution in [3.8, 4) is 11.6 Å². The van der Waals surface area contributed by atoms with Gasteiger partial charge in [0.15, 0.2) is 0 Å². The van der Waals surface area contributed by atoms with Crippen LogP contribution >= 0.6 is 0 Å². The minimum Gasteiger partial charge on any atom is -0.439 e. The van der Waals surface area contributed by atoms with Gasteiger partial charge in [-0.1, -0.05) is 0 Å². The molecule has 1 aromatic heterocycles. The number of fused-ring (bicyclic) bond motifs is 2. The van der Waals surface area contributed by atoms with Crippen molar-refractivity contribution in [2.24, 2.45) is 0 Å². The van der Waals surface area contributed by atoms with E-state index in [2.05, 4.69) is 20.6 Å². The minimum absolute atomic E-state index is 0.0209. The van der Waals surface area contributed by atoms with Gasteiger partial charge in [-0.25, -0.2) is 4.98 Å². The van der Waals surface area contributed by atoms with Crippen LogP contribution in [0, 0.1) is 0 Å². The van der Waals surface area contributed by atoms with Crippen molar-refractivity contribution in [2.75, 3.05) is 0 Å². The molecule has 22 heavy (non-hydrogen) atoms. The summed E-state index contributed by atoms with van der Waals surface area (Å²) >= 11 is 0. The van der Waals surface area contributed by atoms with Gasteiger partial charge in [-0.05, 0) is 43.5 Å². The summed E-state index contributed by atoms with van der Waals surface area (Å²) in [6, 6.07) is 8.41. The monoisotopic (exact) mass is 298 g/mol. The van der Waals surface area contributed by atoms with E-state index in [-0.39, 0.29) is 11.9 Å². The maximum Gasteiger partial charge on any atom is 0.251 e. The van der Waals surface area contributed by atoms with Crippen LogP contribution in [-0.4, -0.2) is 34.0 Å². The minimum atomic E-state index is -0.0209. The fourth-order valence-electron chi connectivity index (χ4n) is 3.34. The van der Waals surface area contributed by atoms with Crippen molar-refractivity contribution in [1.29, 1.82) is 0 Å². The van der Waals surface area contributed by atoms with Crippen molar-refractivity contribution in [3.63, 3.8) is 0 Å². The molecule has 2 aromatic rings. The van der Waals surface area contributed by atoms with Crippen LogP contribution in [0.3, 0.4) is 0 Å². The first-order chi connectivity index (χ1) is 10.8. The highest BCUT2D eigenvalue weighted by molar-refractivity contribution is 5.94. The van der Waals surface area contributed by atoms with Gasteiger partial charge in [0.25, 0.3) is 5.91 Å². The molecule has 2 aliphatic rings. The Kier molecular flexibility index (Phi) is 3.31. The number of H-pyrrole nitrogens is 1. The molecule has 3 atom stereocenters. The number of nitrogens with one attached hydrogen (secondary N) is 3. The van der Waals surface area contributed by atoms with Gasteiger partial charge >= 0.3 is 0 Å².